The highest BCUT2D eigenvalue weighted by Gasteiger charge is 2.19. The van der Waals surface area contributed by atoms with Crippen LogP contribution >= 0.6 is 0 Å². The van der Waals surface area contributed by atoms with Gasteiger partial charge >= 0.3 is 0 Å². The van der Waals surface area contributed by atoms with Crippen LogP contribution in [-0.2, 0) is 16.0 Å². The summed E-state index contributed by atoms with van der Waals surface area (Å²) in [5, 5.41) is 9.65. The average Bonchev–Trinajstić information content (AvgIpc) is 3.27. The molecule has 1 fully saturated rings. The molecule has 3 heterocycles. The van der Waals surface area contributed by atoms with Crippen molar-refractivity contribution in [1.82, 2.24) is 19.6 Å². The first kappa shape index (κ1) is 16.0. The van der Waals surface area contributed by atoms with Crippen LogP contribution in [0.2, 0.25) is 0 Å². The minimum absolute atomic E-state index is 0.153. The van der Waals surface area contributed by atoms with E-state index in [9.17, 15) is 4.79 Å². The van der Waals surface area contributed by atoms with Gasteiger partial charge in [0.25, 0.3) is 5.56 Å². The second-order valence-corrected chi connectivity index (χ2v) is 6.18. The number of aromatic nitrogens is 4. The van der Waals surface area contributed by atoms with Crippen molar-refractivity contribution >= 4 is 10.9 Å². The van der Waals surface area contributed by atoms with Crippen LogP contribution < -0.4 is 5.56 Å². The highest BCUT2D eigenvalue weighted by atomic mass is 16.7. The van der Waals surface area contributed by atoms with Gasteiger partial charge in [-0.3, -0.25) is 4.79 Å². The summed E-state index contributed by atoms with van der Waals surface area (Å²) in [6, 6.07) is 7.88. The number of fused-ring (bicyclic) bond motifs is 1. The molecule has 25 heavy (non-hydrogen) atoms. The largest absolute Gasteiger partial charge is 0.350 e. The quantitative estimate of drug-likeness (QED) is 0.726. The molecule has 0 atom stereocenters. The van der Waals surface area contributed by atoms with Gasteiger partial charge in [0.05, 0.1) is 30.8 Å². The van der Waals surface area contributed by atoms with Crippen LogP contribution in [0.3, 0.4) is 0 Å². The summed E-state index contributed by atoms with van der Waals surface area (Å²) in [4.78, 5) is 13.0. The van der Waals surface area contributed by atoms with Gasteiger partial charge in [-0.1, -0.05) is 18.2 Å². The van der Waals surface area contributed by atoms with Crippen molar-refractivity contribution in [2.75, 3.05) is 13.2 Å². The van der Waals surface area contributed by atoms with E-state index in [4.69, 9.17) is 9.47 Å². The van der Waals surface area contributed by atoms with Crippen molar-refractivity contribution < 1.29 is 9.47 Å². The molecule has 1 aliphatic heterocycles. The fourth-order valence-corrected chi connectivity index (χ4v) is 3.16. The number of hydrogen-bond donors (Lipinski definition) is 0. The first-order valence-electron chi connectivity index (χ1n) is 8.40. The Morgan fingerprint density at radius 3 is 2.72 bits per heavy atom. The molecule has 0 radical (unpaired) electrons. The highest BCUT2D eigenvalue weighted by molar-refractivity contribution is 5.81. The first-order valence-corrected chi connectivity index (χ1v) is 8.40. The lowest BCUT2D eigenvalue weighted by Gasteiger charge is -2.12. The Kier molecular flexibility index (Phi) is 4.10. The van der Waals surface area contributed by atoms with Crippen molar-refractivity contribution in [3.63, 3.8) is 0 Å². The summed E-state index contributed by atoms with van der Waals surface area (Å²) in [5.41, 5.74) is 3.13. The van der Waals surface area contributed by atoms with Gasteiger partial charge in [-0.25, -0.2) is 9.36 Å². The van der Waals surface area contributed by atoms with Crippen molar-refractivity contribution in [1.29, 1.82) is 0 Å². The molecule has 0 aliphatic carbocycles. The van der Waals surface area contributed by atoms with Gasteiger partial charge in [0.2, 0.25) is 0 Å². The molecule has 130 valence electrons. The molecule has 3 aromatic rings. The van der Waals surface area contributed by atoms with Gasteiger partial charge < -0.3 is 9.47 Å². The van der Waals surface area contributed by atoms with Crippen LogP contribution in [0, 0.1) is 13.8 Å². The lowest BCUT2D eigenvalue weighted by atomic mass is 10.2. The standard InChI is InChI=1S/C18H20N4O3/c1-12-5-3-4-6-15(12)22-17-14(11-19-22)13(2)20-21(18(17)23)8-7-16-24-9-10-25-16/h3-6,11,16H,7-10H2,1-2H3. The number of rotatable bonds is 4. The van der Waals surface area contributed by atoms with Crippen LogP contribution in [-0.4, -0.2) is 39.1 Å². The van der Waals surface area contributed by atoms with Gasteiger partial charge in [0, 0.05) is 18.4 Å². The molecule has 7 nitrogen and oxygen atoms in total. The zero-order chi connectivity index (χ0) is 17.4. The summed E-state index contributed by atoms with van der Waals surface area (Å²) in [6.07, 6.45) is 2.04. The maximum absolute atomic E-state index is 13.0. The van der Waals surface area contributed by atoms with E-state index >= 15 is 0 Å². The number of para-hydroxylation sites is 1. The third-order valence-corrected chi connectivity index (χ3v) is 4.48. The summed E-state index contributed by atoms with van der Waals surface area (Å²) < 4.78 is 14.1. The Bertz CT molecular complexity index is 970. The minimum atomic E-state index is -0.258. The van der Waals surface area contributed by atoms with Crippen LogP contribution in [0.4, 0.5) is 0 Å². The van der Waals surface area contributed by atoms with E-state index in [2.05, 4.69) is 10.2 Å². The van der Waals surface area contributed by atoms with E-state index in [-0.39, 0.29) is 11.8 Å². The van der Waals surface area contributed by atoms with Gasteiger partial charge in [0.1, 0.15) is 5.52 Å². The number of nitrogens with zero attached hydrogens (tertiary/aromatic N) is 4. The third kappa shape index (κ3) is 2.85. The van der Waals surface area contributed by atoms with Crippen LogP contribution in [0.25, 0.3) is 16.6 Å². The van der Waals surface area contributed by atoms with Crippen LogP contribution in [0.1, 0.15) is 17.7 Å². The molecule has 2 aromatic heterocycles. The van der Waals surface area contributed by atoms with Gasteiger partial charge in [-0.2, -0.15) is 10.2 Å². The Morgan fingerprint density at radius 2 is 1.96 bits per heavy atom. The van der Waals surface area contributed by atoms with E-state index in [0.29, 0.717) is 31.7 Å². The molecular formula is C18H20N4O3. The second-order valence-electron chi connectivity index (χ2n) is 6.18. The topological polar surface area (TPSA) is 71.2 Å². The monoisotopic (exact) mass is 340 g/mol. The van der Waals surface area contributed by atoms with Crippen molar-refractivity contribution in [2.45, 2.75) is 33.1 Å². The molecule has 0 amide bonds. The lowest BCUT2D eigenvalue weighted by molar-refractivity contribution is -0.0497. The molecule has 1 saturated heterocycles. The summed E-state index contributed by atoms with van der Waals surface area (Å²) >= 11 is 0. The highest BCUT2D eigenvalue weighted by Crippen LogP contribution is 2.19. The fourth-order valence-electron chi connectivity index (χ4n) is 3.16. The van der Waals surface area contributed by atoms with E-state index < -0.39 is 0 Å². The zero-order valence-corrected chi connectivity index (χ0v) is 14.3. The summed E-state index contributed by atoms with van der Waals surface area (Å²) in [7, 11) is 0. The molecule has 1 aliphatic rings. The number of ether oxygens (including phenoxy) is 2. The first-order chi connectivity index (χ1) is 12.1. The summed E-state index contributed by atoms with van der Waals surface area (Å²) in [6.45, 7) is 5.55. The van der Waals surface area contributed by atoms with Crippen molar-refractivity contribution in [3.8, 4) is 5.69 Å². The smallest absolute Gasteiger partial charge is 0.293 e. The summed E-state index contributed by atoms with van der Waals surface area (Å²) in [5.74, 6) is 0. The molecule has 7 heteroatoms. The fraction of sp³-hybridized carbons (Fsp3) is 0.389. The molecule has 1 aromatic carbocycles. The maximum Gasteiger partial charge on any atom is 0.293 e. The van der Waals surface area contributed by atoms with E-state index in [1.54, 1.807) is 10.9 Å². The van der Waals surface area contributed by atoms with E-state index in [1.165, 1.54) is 4.68 Å². The molecule has 0 N–H and O–H groups in total. The average molecular weight is 340 g/mol. The Balaban J connectivity index is 1.79. The molecule has 4 rings (SSSR count). The predicted molar refractivity (Wildman–Crippen MR) is 92.9 cm³/mol. The zero-order valence-electron chi connectivity index (χ0n) is 14.3. The Hall–Kier alpha value is -2.51. The van der Waals surface area contributed by atoms with Crippen molar-refractivity contribution in [2.24, 2.45) is 0 Å². The predicted octanol–water partition coefficient (Wildman–Crippen LogP) is 1.96. The number of benzene rings is 1. The normalized spacial score (nSPS) is 15.3. The van der Waals surface area contributed by atoms with Crippen molar-refractivity contribution in [3.05, 3.63) is 52.1 Å². The second kappa shape index (κ2) is 6.42. The van der Waals surface area contributed by atoms with Gasteiger partial charge in [-0.05, 0) is 25.5 Å². The maximum atomic E-state index is 13.0. The molecule has 0 saturated carbocycles. The van der Waals surface area contributed by atoms with Crippen LogP contribution in [0.5, 0.6) is 0 Å². The van der Waals surface area contributed by atoms with Gasteiger partial charge in [0.15, 0.2) is 6.29 Å². The molecular weight excluding hydrogens is 320 g/mol. The third-order valence-electron chi connectivity index (χ3n) is 4.48. The number of aryl methyl sites for hydroxylation is 3. The van der Waals surface area contributed by atoms with Crippen LogP contribution in [0.15, 0.2) is 35.3 Å². The molecule has 0 spiro atoms. The molecule has 0 bridgehead atoms. The lowest BCUT2D eigenvalue weighted by Crippen LogP contribution is -2.27. The van der Waals surface area contributed by atoms with E-state index in [0.717, 1.165) is 22.3 Å². The SMILES string of the molecule is Cc1ccccc1-n1ncc2c(C)nn(CCC3OCCO3)c(=O)c21. The van der Waals surface area contributed by atoms with E-state index in [1.807, 2.05) is 38.1 Å². The van der Waals surface area contributed by atoms with Gasteiger partial charge in [-0.15, -0.1) is 0 Å². The Labute approximate surface area is 144 Å². The Morgan fingerprint density at radius 1 is 1.20 bits per heavy atom. The minimum Gasteiger partial charge on any atom is -0.350 e. The molecule has 0 unspecified atom stereocenters. The number of hydrogen-bond acceptors (Lipinski definition) is 5.